The highest BCUT2D eigenvalue weighted by Gasteiger charge is 2.45. The lowest BCUT2D eigenvalue weighted by atomic mass is 10.2. The van der Waals surface area contributed by atoms with Gasteiger partial charge in [0, 0.05) is 11.7 Å². The van der Waals surface area contributed by atoms with Crippen LogP contribution in [-0.4, -0.2) is 38.6 Å². The number of benzene rings is 2. The summed E-state index contributed by atoms with van der Waals surface area (Å²) in [5.41, 5.74) is 2.25. The van der Waals surface area contributed by atoms with Gasteiger partial charge in [-0.3, -0.25) is 4.79 Å². The number of hydrogen-bond donors (Lipinski definition) is 1. The van der Waals surface area contributed by atoms with Crippen molar-refractivity contribution >= 4 is 33.7 Å². The van der Waals surface area contributed by atoms with Gasteiger partial charge in [-0.25, -0.2) is 0 Å². The second-order valence-corrected chi connectivity index (χ2v) is 10.4. The second-order valence-electron chi connectivity index (χ2n) is 7.92. The molecule has 0 amide bonds. The van der Waals surface area contributed by atoms with Crippen LogP contribution in [0.4, 0.5) is 0 Å². The Morgan fingerprint density at radius 2 is 1.58 bits per heavy atom. The SMILES string of the molecule is CCCCC(SC1C(OCc2ccccc2)CC(OCc2ccccc2)C1Br)C(=O)O. The monoisotopic (exact) mass is 506 g/mol. The van der Waals surface area contributed by atoms with Gasteiger partial charge in [-0.05, 0) is 17.5 Å². The lowest BCUT2D eigenvalue weighted by molar-refractivity contribution is -0.136. The maximum atomic E-state index is 11.9. The summed E-state index contributed by atoms with van der Waals surface area (Å²) < 4.78 is 12.6. The Bertz CT molecular complexity index is 789. The van der Waals surface area contributed by atoms with Crippen LogP contribution in [0.3, 0.4) is 0 Å². The molecule has 6 heteroatoms. The van der Waals surface area contributed by atoms with Crippen LogP contribution in [0, 0.1) is 0 Å². The first kappa shape index (κ1) is 24.3. The van der Waals surface area contributed by atoms with Crippen molar-refractivity contribution in [2.24, 2.45) is 0 Å². The van der Waals surface area contributed by atoms with Crippen molar-refractivity contribution in [2.75, 3.05) is 0 Å². The third-order valence-corrected chi connectivity index (χ3v) is 8.72. The van der Waals surface area contributed by atoms with Crippen molar-refractivity contribution in [3.8, 4) is 0 Å². The van der Waals surface area contributed by atoms with E-state index in [-0.39, 0.29) is 22.3 Å². The Morgan fingerprint density at radius 3 is 2.10 bits per heavy atom. The Kier molecular flexibility index (Phi) is 9.91. The quantitative estimate of drug-likeness (QED) is 0.354. The molecule has 1 aliphatic carbocycles. The maximum absolute atomic E-state index is 11.9. The van der Waals surface area contributed by atoms with Crippen molar-refractivity contribution in [3.63, 3.8) is 0 Å². The van der Waals surface area contributed by atoms with Crippen LogP contribution >= 0.6 is 27.7 Å². The van der Waals surface area contributed by atoms with E-state index in [1.807, 2.05) is 48.5 Å². The summed E-state index contributed by atoms with van der Waals surface area (Å²) in [7, 11) is 0. The van der Waals surface area contributed by atoms with E-state index in [4.69, 9.17) is 9.47 Å². The molecule has 1 aliphatic rings. The first-order valence-corrected chi connectivity index (χ1v) is 12.8. The molecule has 1 saturated carbocycles. The lowest BCUT2D eigenvalue weighted by Crippen LogP contribution is -2.32. The number of halogens is 1. The zero-order valence-corrected chi connectivity index (χ0v) is 20.3. The molecule has 2 aromatic rings. The van der Waals surface area contributed by atoms with Crippen LogP contribution < -0.4 is 0 Å². The number of carbonyl (C=O) groups is 1. The zero-order valence-electron chi connectivity index (χ0n) is 17.9. The van der Waals surface area contributed by atoms with E-state index >= 15 is 0 Å². The molecule has 0 aromatic heterocycles. The maximum Gasteiger partial charge on any atom is 0.316 e. The van der Waals surface area contributed by atoms with Crippen molar-refractivity contribution in [2.45, 2.75) is 73.4 Å². The number of ether oxygens (including phenoxy) is 2. The second kappa shape index (κ2) is 12.6. The Hall–Kier alpha value is -1.34. The van der Waals surface area contributed by atoms with Gasteiger partial charge in [0.25, 0.3) is 0 Å². The number of carboxylic acid groups (broad SMARTS) is 1. The topological polar surface area (TPSA) is 55.8 Å². The minimum absolute atomic E-state index is 0.0161. The molecule has 1 N–H and O–H groups in total. The summed E-state index contributed by atoms with van der Waals surface area (Å²) in [6.45, 7) is 3.14. The van der Waals surface area contributed by atoms with Crippen LogP contribution in [0.2, 0.25) is 0 Å². The average Bonchev–Trinajstić information content (AvgIpc) is 3.09. The molecule has 0 aliphatic heterocycles. The minimum atomic E-state index is -0.742. The molecule has 4 nitrogen and oxygen atoms in total. The Morgan fingerprint density at radius 1 is 1.03 bits per heavy atom. The third-order valence-electron chi connectivity index (χ3n) is 5.53. The van der Waals surface area contributed by atoms with E-state index in [0.29, 0.717) is 19.6 Å². The van der Waals surface area contributed by atoms with Gasteiger partial charge < -0.3 is 14.6 Å². The first-order valence-electron chi connectivity index (χ1n) is 10.9. The van der Waals surface area contributed by atoms with Gasteiger partial charge in [0.05, 0.1) is 30.2 Å². The Labute approximate surface area is 197 Å². The van der Waals surface area contributed by atoms with Gasteiger partial charge in [0.15, 0.2) is 0 Å². The number of hydrogen-bond acceptors (Lipinski definition) is 4. The standard InChI is InChI=1S/C25H31BrO4S/c1-2-3-14-22(25(27)28)31-24-21(30-17-19-12-8-5-9-13-19)15-20(23(24)26)29-16-18-10-6-4-7-11-18/h4-13,20-24H,2-3,14-17H2,1H3,(H,27,28). The summed E-state index contributed by atoms with van der Waals surface area (Å²) in [6.07, 6.45) is 3.22. The van der Waals surface area contributed by atoms with Gasteiger partial charge >= 0.3 is 5.97 Å². The molecular formula is C25H31BrO4S. The van der Waals surface area contributed by atoms with Crippen molar-refractivity contribution in [1.29, 1.82) is 0 Å². The molecule has 3 rings (SSSR count). The molecule has 0 radical (unpaired) electrons. The lowest BCUT2D eigenvalue weighted by Gasteiger charge is -2.25. The highest BCUT2D eigenvalue weighted by Crippen LogP contribution is 2.42. The fraction of sp³-hybridized carbons (Fsp3) is 0.480. The minimum Gasteiger partial charge on any atom is -0.480 e. The number of unbranched alkanes of at least 4 members (excludes halogenated alkanes) is 1. The van der Waals surface area contributed by atoms with Crippen molar-refractivity contribution in [1.82, 2.24) is 0 Å². The Balaban J connectivity index is 1.67. The average molecular weight is 507 g/mol. The molecule has 1 fully saturated rings. The van der Waals surface area contributed by atoms with E-state index in [2.05, 4.69) is 35.0 Å². The molecular weight excluding hydrogens is 476 g/mol. The van der Waals surface area contributed by atoms with Gasteiger partial charge in [0.2, 0.25) is 0 Å². The van der Waals surface area contributed by atoms with Gasteiger partial charge in [0.1, 0.15) is 5.25 Å². The van der Waals surface area contributed by atoms with E-state index in [1.165, 1.54) is 11.8 Å². The third kappa shape index (κ3) is 7.35. The van der Waals surface area contributed by atoms with E-state index in [9.17, 15) is 9.90 Å². The summed E-state index contributed by atoms with van der Waals surface area (Å²) in [6, 6.07) is 20.2. The summed E-state index contributed by atoms with van der Waals surface area (Å²) in [5, 5.41) is 9.34. The molecule has 2 aromatic carbocycles. The first-order chi connectivity index (χ1) is 15.1. The fourth-order valence-corrected chi connectivity index (χ4v) is 6.35. The van der Waals surface area contributed by atoms with Crippen LogP contribution in [0.1, 0.15) is 43.7 Å². The molecule has 0 bridgehead atoms. The molecule has 0 heterocycles. The number of thioether (sulfide) groups is 1. The normalized spacial score (nSPS) is 24.2. The van der Waals surface area contributed by atoms with Crippen molar-refractivity contribution in [3.05, 3.63) is 71.8 Å². The molecule has 5 atom stereocenters. The highest BCUT2D eigenvalue weighted by molar-refractivity contribution is 9.09. The smallest absolute Gasteiger partial charge is 0.316 e. The number of alkyl halides is 1. The molecule has 5 unspecified atom stereocenters. The van der Waals surface area contributed by atoms with Gasteiger partial charge in [-0.1, -0.05) is 96.4 Å². The fourth-order valence-electron chi connectivity index (χ4n) is 3.78. The van der Waals surface area contributed by atoms with Crippen LogP contribution in [0.15, 0.2) is 60.7 Å². The molecule has 31 heavy (non-hydrogen) atoms. The van der Waals surface area contributed by atoms with Crippen LogP contribution in [0.25, 0.3) is 0 Å². The van der Waals surface area contributed by atoms with E-state index in [1.54, 1.807) is 0 Å². The molecule has 168 valence electrons. The van der Waals surface area contributed by atoms with Gasteiger partial charge in [-0.15, -0.1) is 11.8 Å². The van der Waals surface area contributed by atoms with Crippen molar-refractivity contribution < 1.29 is 19.4 Å². The number of carboxylic acids is 1. The number of rotatable bonds is 12. The van der Waals surface area contributed by atoms with Crippen LogP contribution in [-0.2, 0) is 27.5 Å². The highest BCUT2D eigenvalue weighted by atomic mass is 79.9. The number of aliphatic carboxylic acids is 1. The summed E-state index contributed by atoms with van der Waals surface area (Å²) in [4.78, 5) is 11.9. The summed E-state index contributed by atoms with van der Waals surface area (Å²) in [5.74, 6) is -0.742. The largest absolute Gasteiger partial charge is 0.480 e. The van der Waals surface area contributed by atoms with E-state index < -0.39 is 11.2 Å². The molecule has 0 spiro atoms. The van der Waals surface area contributed by atoms with Gasteiger partial charge in [-0.2, -0.15) is 0 Å². The zero-order chi connectivity index (χ0) is 22.1. The van der Waals surface area contributed by atoms with E-state index in [0.717, 1.165) is 30.4 Å². The predicted octanol–water partition coefficient (Wildman–Crippen LogP) is 6.07. The predicted molar refractivity (Wildman–Crippen MR) is 130 cm³/mol. The summed E-state index contributed by atoms with van der Waals surface area (Å²) >= 11 is 5.36. The van der Waals surface area contributed by atoms with Crippen LogP contribution in [0.5, 0.6) is 0 Å². The molecule has 0 saturated heterocycles.